The molecule has 20 atom stereocenters. The second kappa shape index (κ2) is 23.4. The largest absolute Gasteiger partial charge is 0.481 e. The Morgan fingerprint density at radius 1 is 0.338 bits per heavy atom. The summed E-state index contributed by atoms with van der Waals surface area (Å²) in [6, 6.07) is 0. The summed E-state index contributed by atoms with van der Waals surface area (Å²) in [5, 5.41) is 96.8. The first kappa shape index (κ1) is 51.7. The Balaban J connectivity index is 1.37. The molecule has 5 fully saturated rings. The van der Waals surface area contributed by atoms with E-state index in [1.165, 1.54) is 55.5 Å². The highest BCUT2D eigenvalue weighted by Gasteiger charge is 2.52. The molecule has 10 N–H and O–H groups in total. The Morgan fingerprint density at radius 3 is 0.846 bits per heavy atom. The van der Waals surface area contributed by atoms with Crippen molar-refractivity contribution in [1.29, 1.82) is 0 Å². The predicted molar refractivity (Wildman–Crippen MR) is 207 cm³/mol. The van der Waals surface area contributed by atoms with Crippen LogP contribution in [-0.4, -0.2) is 176 Å². The summed E-state index contributed by atoms with van der Waals surface area (Å²) >= 11 is 0. The molecule has 0 amide bonds. The number of carbonyl (C=O) groups is 5. The van der Waals surface area contributed by atoms with Crippen molar-refractivity contribution in [3.63, 3.8) is 0 Å². The fourth-order valence-electron chi connectivity index (χ4n) is 9.83. The number of ether oxygens (including phenoxy) is 5. The molecule has 0 aromatic carbocycles. The number of carboxylic acid groups (broad SMARTS) is 5. The van der Waals surface area contributed by atoms with Crippen molar-refractivity contribution in [3.05, 3.63) is 48.6 Å². The van der Waals surface area contributed by atoms with Gasteiger partial charge in [-0.05, 0) is 13.8 Å². The average molecular weight is 935 g/mol. The molecule has 25 heteroatoms. The topological polar surface area (TPSA) is 380 Å². The van der Waals surface area contributed by atoms with Gasteiger partial charge in [0.15, 0.2) is 0 Å². The van der Waals surface area contributed by atoms with Gasteiger partial charge in [0.1, 0.15) is 0 Å². The molecule has 5 rings (SSSR count). The van der Waals surface area contributed by atoms with Crippen molar-refractivity contribution in [2.45, 2.75) is 74.9 Å². The Labute approximate surface area is 369 Å². The van der Waals surface area contributed by atoms with Gasteiger partial charge in [-0.2, -0.15) is 0 Å². The SMILES string of the molecule is CC1OC(C=CC2OC(C=CC3OC(C=CC4OC(C=CC5OC(C)C(C(=O)O)C5COO)C(C(=O)O)C4COO)C(C(=O)O)C3COO)C(C(=O)O)C2COO)C(C(=O)O)C1COO. The first-order valence-electron chi connectivity index (χ1n) is 20.5. The third-order valence-corrected chi connectivity index (χ3v) is 12.9. The van der Waals surface area contributed by atoms with E-state index in [1.54, 1.807) is 6.92 Å². The third kappa shape index (κ3) is 11.6. The van der Waals surface area contributed by atoms with Crippen LogP contribution >= 0.6 is 0 Å². The molecule has 0 aliphatic carbocycles. The second-order valence-corrected chi connectivity index (χ2v) is 16.5. The lowest BCUT2D eigenvalue weighted by Gasteiger charge is -2.19. The number of carboxylic acids is 5. The highest BCUT2D eigenvalue weighted by Crippen LogP contribution is 2.42. The first-order chi connectivity index (χ1) is 31.0. The fraction of sp³-hybridized carbons (Fsp3) is 0.675. The molecule has 5 aliphatic heterocycles. The van der Waals surface area contributed by atoms with Crippen LogP contribution in [0.4, 0.5) is 0 Å². The van der Waals surface area contributed by atoms with E-state index >= 15 is 0 Å². The monoisotopic (exact) mass is 934 g/mol. The summed E-state index contributed by atoms with van der Waals surface area (Å²) in [4.78, 5) is 83.4. The van der Waals surface area contributed by atoms with Gasteiger partial charge >= 0.3 is 29.8 Å². The summed E-state index contributed by atoms with van der Waals surface area (Å²) in [6.07, 6.45) is -0.117. The zero-order valence-corrected chi connectivity index (χ0v) is 34.8. The summed E-state index contributed by atoms with van der Waals surface area (Å²) in [5.74, 6) is -17.9. The van der Waals surface area contributed by atoms with Crippen molar-refractivity contribution < 1.29 is 124 Å². The molecule has 0 saturated carbocycles. The van der Waals surface area contributed by atoms with Gasteiger partial charge in [0, 0.05) is 29.6 Å². The maximum Gasteiger partial charge on any atom is 0.309 e. The summed E-state index contributed by atoms with van der Waals surface area (Å²) in [6.45, 7) is 0.660. The molecule has 65 heavy (non-hydrogen) atoms. The van der Waals surface area contributed by atoms with Gasteiger partial charge in [-0.3, -0.25) is 50.3 Å². The van der Waals surface area contributed by atoms with Gasteiger partial charge in [-0.25, -0.2) is 24.4 Å². The lowest BCUT2D eigenvalue weighted by Crippen LogP contribution is -2.33. The average Bonchev–Trinajstić information content (AvgIpc) is 4.02. The molecule has 0 aromatic heterocycles. The molecular formula is C40H54O25. The third-order valence-electron chi connectivity index (χ3n) is 12.9. The van der Waals surface area contributed by atoms with E-state index < -0.39 is 176 Å². The van der Waals surface area contributed by atoms with Gasteiger partial charge < -0.3 is 49.2 Å². The minimum atomic E-state index is -1.44. The summed E-state index contributed by atoms with van der Waals surface area (Å²) in [5.41, 5.74) is 0. The van der Waals surface area contributed by atoms with Crippen molar-refractivity contribution in [2.24, 2.45) is 59.2 Å². The zero-order valence-electron chi connectivity index (χ0n) is 34.8. The van der Waals surface area contributed by atoms with Crippen LogP contribution in [0.25, 0.3) is 0 Å². The molecule has 25 nitrogen and oxygen atoms in total. The smallest absolute Gasteiger partial charge is 0.309 e. The lowest BCUT2D eigenvalue weighted by atomic mass is 9.84. The Bertz CT molecular complexity index is 1770. The molecule has 5 aliphatic rings. The van der Waals surface area contributed by atoms with Crippen molar-refractivity contribution in [2.75, 3.05) is 33.0 Å². The molecule has 0 spiro atoms. The molecular weight excluding hydrogens is 880 g/mol. The summed E-state index contributed by atoms with van der Waals surface area (Å²) < 4.78 is 29.8. The predicted octanol–water partition coefficient (Wildman–Crippen LogP) is 1.12. The second-order valence-electron chi connectivity index (χ2n) is 16.5. The maximum atomic E-state index is 12.7. The van der Waals surface area contributed by atoms with Crippen molar-refractivity contribution in [3.8, 4) is 0 Å². The van der Waals surface area contributed by atoms with E-state index in [4.69, 9.17) is 34.2 Å². The van der Waals surface area contributed by atoms with Crippen LogP contribution < -0.4 is 0 Å². The Hall–Kier alpha value is -4.29. The van der Waals surface area contributed by atoms with Crippen LogP contribution in [0.5, 0.6) is 0 Å². The zero-order chi connectivity index (χ0) is 47.7. The molecule has 5 heterocycles. The van der Waals surface area contributed by atoms with Gasteiger partial charge in [0.25, 0.3) is 0 Å². The summed E-state index contributed by atoms with van der Waals surface area (Å²) in [7, 11) is 0. The van der Waals surface area contributed by atoms with Crippen LogP contribution in [0.2, 0.25) is 0 Å². The number of hydrogen-bond acceptors (Lipinski definition) is 20. The number of rotatable bonds is 23. The molecule has 20 unspecified atom stereocenters. The minimum absolute atomic E-state index is 0.335. The van der Waals surface area contributed by atoms with Crippen LogP contribution in [0.1, 0.15) is 13.8 Å². The minimum Gasteiger partial charge on any atom is -0.481 e. The van der Waals surface area contributed by atoms with Crippen molar-refractivity contribution in [1.82, 2.24) is 0 Å². The van der Waals surface area contributed by atoms with Gasteiger partial charge in [0.05, 0.1) is 124 Å². The van der Waals surface area contributed by atoms with Crippen LogP contribution in [-0.2, 0) is 72.1 Å². The van der Waals surface area contributed by atoms with Crippen LogP contribution in [0, 0.1) is 59.2 Å². The van der Waals surface area contributed by atoms with Gasteiger partial charge in [-0.15, -0.1) is 0 Å². The molecule has 5 saturated heterocycles. The fourth-order valence-corrected chi connectivity index (χ4v) is 9.83. The van der Waals surface area contributed by atoms with E-state index in [0.717, 1.165) is 0 Å². The van der Waals surface area contributed by atoms with Crippen LogP contribution in [0.3, 0.4) is 0 Å². The first-order valence-corrected chi connectivity index (χ1v) is 20.5. The molecule has 364 valence electrons. The van der Waals surface area contributed by atoms with E-state index in [1.807, 2.05) is 0 Å². The highest BCUT2D eigenvalue weighted by molar-refractivity contribution is 5.74. The Kier molecular flexibility index (Phi) is 18.6. The van der Waals surface area contributed by atoms with Gasteiger partial charge in [0.2, 0.25) is 0 Å². The van der Waals surface area contributed by atoms with Crippen LogP contribution in [0.15, 0.2) is 48.6 Å². The Morgan fingerprint density at radius 2 is 0.554 bits per heavy atom. The number of hydrogen-bond donors (Lipinski definition) is 10. The van der Waals surface area contributed by atoms with E-state index in [-0.39, 0.29) is 6.61 Å². The van der Waals surface area contributed by atoms with E-state index in [0.29, 0.717) is 0 Å². The maximum absolute atomic E-state index is 12.7. The molecule has 0 aromatic rings. The standard InChI is InChI=1S/C40H54O25/c1-16-18(11-56-51)32(37(43)44)27(61-16)7-4-24-20(13-58-53)34(39(47)48)29(63-24)9-6-26-22(15-60-55)35(40(49)50)30(65-26)10-5-25-21(14-59-54)33(38(45)46)28(64-25)8-3-23-19(12-57-52)31(36(41)42)17(2)62-23/h3-10,16-35,51-55H,11-15H2,1-2H3,(H,41,42)(H,43,44)(H,45,46)(H,47,48)(H,49,50). The highest BCUT2D eigenvalue weighted by atomic mass is 17.1. The van der Waals surface area contributed by atoms with Gasteiger partial charge in [-0.1, -0.05) is 48.6 Å². The van der Waals surface area contributed by atoms with Crippen molar-refractivity contribution >= 4 is 29.8 Å². The molecule has 0 bridgehead atoms. The number of aliphatic carboxylic acids is 5. The normalized spacial score (nSPS) is 40.9. The quantitative estimate of drug-likeness (QED) is 0.0390. The lowest BCUT2D eigenvalue weighted by molar-refractivity contribution is -0.254. The molecule has 0 radical (unpaired) electrons. The van der Waals surface area contributed by atoms with E-state index in [2.05, 4.69) is 24.4 Å². The van der Waals surface area contributed by atoms with E-state index in [9.17, 15) is 65.3 Å².